The summed E-state index contributed by atoms with van der Waals surface area (Å²) in [5.74, 6) is 0.837. The minimum atomic E-state index is -0.598. The van der Waals surface area contributed by atoms with Gasteiger partial charge in [-0.05, 0) is 44.2 Å². The van der Waals surface area contributed by atoms with E-state index in [4.69, 9.17) is 4.42 Å². The molecule has 0 spiro atoms. The van der Waals surface area contributed by atoms with Crippen LogP contribution in [0, 0.1) is 6.92 Å². The van der Waals surface area contributed by atoms with Gasteiger partial charge >= 0.3 is 0 Å². The highest BCUT2D eigenvalue weighted by atomic mass is 16.3. The molecule has 0 unspecified atom stereocenters. The van der Waals surface area contributed by atoms with E-state index >= 15 is 0 Å². The predicted octanol–water partition coefficient (Wildman–Crippen LogP) is 2.65. The number of furan rings is 1. The maximum Gasteiger partial charge on any atom is 0.254 e. The Hall–Kier alpha value is -2.60. The maximum atomic E-state index is 12.8. The number of aliphatic hydroxyl groups is 1. The van der Waals surface area contributed by atoms with Crippen LogP contribution in [0.2, 0.25) is 0 Å². The van der Waals surface area contributed by atoms with E-state index in [0.29, 0.717) is 30.9 Å². The van der Waals surface area contributed by atoms with Crippen molar-refractivity contribution in [3.8, 4) is 0 Å². The minimum absolute atomic E-state index is 0.00167. The number of aryl methyl sites for hydroxylation is 1. The summed E-state index contributed by atoms with van der Waals surface area (Å²) in [4.78, 5) is 14.6. The molecule has 6 nitrogen and oxygen atoms in total. The normalized spacial score (nSPS) is 15.5. The molecule has 0 saturated carbocycles. The highest BCUT2D eigenvalue weighted by molar-refractivity contribution is 5.97. The number of fused-ring (bicyclic) bond motifs is 2. The van der Waals surface area contributed by atoms with Crippen LogP contribution in [0.5, 0.6) is 0 Å². The third-order valence-corrected chi connectivity index (χ3v) is 4.42. The van der Waals surface area contributed by atoms with Crippen molar-refractivity contribution in [2.24, 2.45) is 0 Å². The van der Waals surface area contributed by atoms with Crippen LogP contribution < -0.4 is 0 Å². The Labute approximate surface area is 139 Å². The molecular formula is C18H19N3O3. The van der Waals surface area contributed by atoms with Gasteiger partial charge in [-0.2, -0.15) is 5.10 Å². The molecule has 24 heavy (non-hydrogen) atoms. The monoisotopic (exact) mass is 325 g/mol. The Bertz CT molecular complexity index is 923. The first kappa shape index (κ1) is 15.0. The summed E-state index contributed by atoms with van der Waals surface area (Å²) < 4.78 is 7.43. The topological polar surface area (TPSA) is 71.5 Å². The number of hydrogen-bond acceptors (Lipinski definition) is 4. The summed E-state index contributed by atoms with van der Waals surface area (Å²) in [6, 6.07) is 9.33. The van der Waals surface area contributed by atoms with Gasteiger partial charge in [0.15, 0.2) is 0 Å². The van der Waals surface area contributed by atoms with Crippen LogP contribution in [0.15, 0.2) is 34.7 Å². The number of carbonyl (C=O) groups excluding carboxylic acids is 1. The minimum Gasteiger partial charge on any atom is -0.461 e. The van der Waals surface area contributed by atoms with Crippen molar-refractivity contribution in [2.45, 2.75) is 33.0 Å². The van der Waals surface area contributed by atoms with E-state index in [0.717, 1.165) is 22.4 Å². The first-order valence-electron chi connectivity index (χ1n) is 8.05. The highest BCUT2D eigenvalue weighted by Crippen LogP contribution is 2.23. The number of aliphatic hydroxyl groups excluding tert-OH is 1. The van der Waals surface area contributed by atoms with E-state index in [1.54, 1.807) is 13.0 Å². The number of hydrogen-bond donors (Lipinski definition) is 1. The lowest BCUT2D eigenvalue weighted by Gasteiger charge is -2.27. The Balaban J connectivity index is 1.59. The Morgan fingerprint density at radius 2 is 2.12 bits per heavy atom. The molecular weight excluding hydrogens is 306 g/mol. The van der Waals surface area contributed by atoms with Crippen LogP contribution in [0.4, 0.5) is 0 Å². The van der Waals surface area contributed by atoms with Gasteiger partial charge in [0.1, 0.15) is 11.3 Å². The zero-order chi connectivity index (χ0) is 16.8. The summed E-state index contributed by atoms with van der Waals surface area (Å²) in [5, 5.41) is 15.0. The van der Waals surface area contributed by atoms with Crippen molar-refractivity contribution in [3.05, 3.63) is 53.0 Å². The van der Waals surface area contributed by atoms with E-state index in [1.165, 1.54) is 0 Å². The van der Waals surface area contributed by atoms with Gasteiger partial charge < -0.3 is 14.4 Å². The van der Waals surface area contributed by atoms with Crippen LogP contribution >= 0.6 is 0 Å². The molecule has 6 heteroatoms. The average Bonchev–Trinajstić information content (AvgIpc) is 3.14. The van der Waals surface area contributed by atoms with Crippen LogP contribution in [-0.2, 0) is 13.1 Å². The summed E-state index contributed by atoms with van der Waals surface area (Å²) in [6.07, 6.45) is -0.598. The maximum absolute atomic E-state index is 12.8. The van der Waals surface area contributed by atoms with Gasteiger partial charge in [-0.15, -0.1) is 0 Å². The van der Waals surface area contributed by atoms with Gasteiger partial charge in [0.2, 0.25) is 0 Å². The molecule has 2 aromatic heterocycles. The van der Waals surface area contributed by atoms with Crippen molar-refractivity contribution in [1.29, 1.82) is 0 Å². The average molecular weight is 325 g/mol. The zero-order valence-corrected chi connectivity index (χ0v) is 13.7. The first-order valence-corrected chi connectivity index (χ1v) is 8.05. The number of amides is 1. The third kappa shape index (κ3) is 2.49. The van der Waals surface area contributed by atoms with Crippen molar-refractivity contribution in [1.82, 2.24) is 14.7 Å². The largest absolute Gasteiger partial charge is 0.461 e. The molecule has 0 bridgehead atoms. The summed E-state index contributed by atoms with van der Waals surface area (Å²) in [7, 11) is 0. The molecule has 0 radical (unpaired) electrons. The van der Waals surface area contributed by atoms with Gasteiger partial charge in [0.05, 0.1) is 30.6 Å². The predicted molar refractivity (Wildman–Crippen MR) is 88.6 cm³/mol. The Kier molecular flexibility index (Phi) is 3.42. The molecule has 0 fully saturated rings. The van der Waals surface area contributed by atoms with Gasteiger partial charge in [0.25, 0.3) is 5.91 Å². The molecule has 1 atom stereocenters. The van der Waals surface area contributed by atoms with Gasteiger partial charge in [-0.1, -0.05) is 0 Å². The number of rotatable bonds is 2. The lowest BCUT2D eigenvalue weighted by molar-refractivity contribution is 0.0706. The van der Waals surface area contributed by atoms with Crippen LogP contribution in [0.25, 0.3) is 11.0 Å². The molecule has 1 N–H and O–H groups in total. The van der Waals surface area contributed by atoms with Crippen LogP contribution in [0.1, 0.15) is 40.5 Å². The standard InChI is InChI=1S/C18H19N3O3/c1-11-7-14-8-13(3-4-17(14)24-11)18(23)20-5-6-21-15(10-20)9-16(19-21)12(2)22/h3-4,7-9,12,22H,5-6,10H2,1-2H3/t12-/m1/s1. The summed E-state index contributed by atoms with van der Waals surface area (Å²) >= 11 is 0. The number of carbonyl (C=O) groups is 1. The fraction of sp³-hybridized carbons (Fsp3) is 0.333. The zero-order valence-electron chi connectivity index (χ0n) is 13.7. The van der Waals surface area contributed by atoms with Crippen LogP contribution in [-0.4, -0.2) is 32.2 Å². The van der Waals surface area contributed by atoms with E-state index in [9.17, 15) is 9.90 Å². The second kappa shape index (κ2) is 5.49. The molecule has 4 rings (SSSR count). The molecule has 1 amide bonds. The quantitative estimate of drug-likeness (QED) is 0.786. The van der Waals surface area contributed by atoms with Crippen LogP contribution in [0.3, 0.4) is 0 Å². The highest BCUT2D eigenvalue weighted by Gasteiger charge is 2.24. The molecule has 1 aromatic carbocycles. The van der Waals surface area contributed by atoms with Crippen molar-refractivity contribution >= 4 is 16.9 Å². The lowest BCUT2D eigenvalue weighted by Crippen LogP contribution is -2.38. The number of aromatic nitrogens is 2. The first-order chi connectivity index (χ1) is 11.5. The second-order valence-electron chi connectivity index (χ2n) is 6.30. The van der Waals surface area contributed by atoms with E-state index < -0.39 is 6.10 Å². The van der Waals surface area contributed by atoms with Crippen molar-refractivity contribution < 1.29 is 14.3 Å². The number of benzene rings is 1. The molecule has 0 saturated heterocycles. The van der Waals surface area contributed by atoms with Gasteiger partial charge in [0, 0.05) is 17.5 Å². The molecule has 1 aliphatic rings. The Morgan fingerprint density at radius 1 is 1.29 bits per heavy atom. The smallest absolute Gasteiger partial charge is 0.254 e. The van der Waals surface area contributed by atoms with Gasteiger partial charge in [-0.3, -0.25) is 9.48 Å². The molecule has 0 aliphatic carbocycles. The fourth-order valence-corrected chi connectivity index (χ4v) is 3.16. The SMILES string of the molecule is Cc1cc2cc(C(=O)N3CCn4nc([C@@H](C)O)cc4C3)ccc2o1. The van der Waals surface area contributed by atoms with Crippen molar-refractivity contribution in [3.63, 3.8) is 0 Å². The second-order valence-corrected chi connectivity index (χ2v) is 6.30. The summed E-state index contributed by atoms with van der Waals surface area (Å²) in [5.41, 5.74) is 3.05. The lowest BCUT2D eigenvalue weighted by atomic mass is 10.1. The molecule has 3 heterocycles. The summed E-state index contributed by atoms with van der Waals surface area (Å²) in [6.45, 7) is 5.34. The number of nitrogens with zero attached hydrogens (tertiary/aromatic N) is 3. The van der Waals surface area contributed by atoms with Crippen molar-refractivity contribution in [2.75, 3.05) is 6.54 Å². The fourth-order valence-electron chi connectivity index (χ4n) is 3.16. The molecule has 1 aliphatic heterocycles. The van der Waals surface area contributed by atoms with E-state index in [2.05, 4.69) is 5.10 Å². The molecule has 124 valence electrons. The third-order valence-electron chi connectivity index (χ3n) is 4.42. The van der Waals surface area contributed by atoms with E-state index in [1.807, 2.05) is 40.8 Å². The van der Waals surface area contributed by atoms with Gasteiger partial charge in [-0.25, -0.2) is 0 Å². The Morgan fingerprint density at radius 3 is 2.92 bits per heavy atom. The van der Waals surface area contributed by atoms with E-state index in [-0.39, 0.29) is 5.91 Å². The molecule has 3 aromatic rings.